The summed E-state index contributed by atoms with van der Waals surface area (Å²) >= 11 is 0. The van der Waals surface area contributed by atoms with Gasteiger partial charge in [-0.2, -0.15) is 0 Å². The second kappa shape index (κ2) is 6.02. The Kier molecular flexibility index (Phi) is 3.92. The number of nitrogens with one attached hydrogen (secondary N) is 1. The van der Waals surface area contributed by atoms with E-state index < -0.39 is 6.04 Å². The molecule has 4 heteroatoms. The van der Waals surface area contributed by atoms with Crippen molar-refractivity contribution in [2.75, 3.05) is 5.32 Å². The van der Waals surface area contributed by atoms with Crippen LogP contribution in [0.25, 0.3) is 0 Å². The third kappa shape index (κ3) is 3.01. The molecule has 0 bridgehead atoms. The van der Waals surface area contributed by atoms with Crippen LogP contribution in [0.15, 0.2) is 54.6 Å². The van der Waals surface area contributed by atoms with Gasteiger partial charge in [-0.1, -0.05) is 42.5 Å². The summed E-state index contributed by atoms with van der Waals surface area (Å²) in [5.41, 5.74) is 2.94. The number of rotatable bonds is 4. The minimum atomic E-state index is -0.474. The van der Waals surface area contributed by atoms with Crippen molar-refractivity contribution in [2.24, 2.45) is 0 Å². The summed E-state index contributed by atoms with van der Waals surface area (Å²) in [5.74, 6) is -0.283. The molecule has 4 nitrogen and oxygen atoms in total. The molecule has 1 atom stereocenters. The Bertz CT molecular complexity index is 697. The molecule has 0 aliphatic carbocycles. The lowest BCUT2D eigenvalue weighted by atomic mass is 10.2. The molecule has 0 radical (unpaired) electrons. The molecule has 2 aromatic rings. The zero-order valence-corrected chi connectivity index (χ0v) is 12.5. The van der Waals surface area contributed by atoms with Crippen molar-refractivity contribution < 1.29 is 9.59 Å². The lowest BCUT2D eigenvalue weighted by Crippen LogP contribution is -2.34. The predicted molar refractivity (Wildman–Crippen MR) is 85.2 cm³/mol. The maximum Gasteiger partial charge on any atom is 0.252 e. The molecule has 2 amide bonds. The van der Waals surface area contributed by atoms with Crippen LogP contribution in [0.2, 0.25) is 0 Å². The molecular weight excluding hydrogens is 276 g/mol. The summed E-state index contributed by atoms with van der Waals surface area (Å²) in [6, 6.07) is 16.9. The Morgan fingerprint density at radius 2 is 1.86 bits per heavy atom. The summed E-state index contributed by atoms with van der Waals surface area (Å²) in [6.45, 7) is 2.33. The van der Waals surface area contributed by atoms with E-state index in [1.807, 2.05) is 61.5 Å². The number of imide groups is 1. The fourth-order valence-electron chi connectivity index (χ4n) is 2.66. The average Bonchev–Trinajstić information content (AvgIpc) is 2.76. The molecule has 3 rings (SSSR count). The molecule has 1 saturated heterocycles. The van der Waals surface area contributed by atoms with Gasteiger partial charge in [0, 0.05) is 5.69 Å². The van der Waals surface area contributed by atoms with Crippen molar-refractivity contribution in [3.05, 3.63) is 65.7 Å². The van der Waals surface area contributed by atoms with E-state index >= 15 is 0 Å². The Morgan fingerprint density at radius 1 is 1.09 bits per heavy atom. The highest BCUT2D eigenvalue weighted by Crippen LogP contribution is 2.21. The first-order valence-electron chi connectivity index (χ1n) is 7.35. The quantitative estimate of drug-likeness (QED) is 0.882. The average molecular weight is 294 g/mol. The van der Waals surface area contributed by atoms with Crippen LogP contribution in [0, 0.1) is 6.92 Å². The zero-order chi connectivity index (χ0) is 15.5. The van der Waals surface area contributed by atoms with E-state index in [-0.39, 0.29) is 18.2 Å². The van der Waals surface area contributed by atoms with Crippen LogP contribution in [0.5, 0.6) is 0 Å². The van der Waals surface area contributed by atoms with Gasteiger partial charge < -0.3 is 5.32 Å². The van der Waals surface area contributed by atoms with E-state index in [2.05, 4.69) is 5.32 Å². The first-order chi connectivity index (χ1) is 10.6. The maximum atomic E-state index is 12.5. The van der Waals surface area contributed by atoms with E-state index in [0.717, 1.165) is 16.8 Å². The molecule has 0 saturated carbocycles. The molecule has 0 spiro atoms. The molecule has 1 unspecified atom stereocenters. The van der Waals surface area contributed by atoms with Crippen LogP contribution in [0.3, 0.4) is 0 Å². The van der Waals surface area contributed by atoms with Crippen LogP contribution in [-0.2, 0) is 16.1 Å². The summed E-state index contributed by atoms with van der Waals surface area (Å²) in [6.07, 6.45) is 0.208. The SMILES string of the molecule is Cc1cccc(NC2CC(=O)N(Cc3ccccc3)C2=O)c1. The topological polar surface area (TPSA) is 49.4 Å². The highest BCUT2D eigenvalue weighted by Gasteiger charge is 2.38. The molecule has 1 heterocycles. The van der Waals surface area contributed by atoms with Crippen LogP contribution in [0.4, 0.5) is 5.69 Å². The van der Waals surface area contributed by atoms with Gasteiger partial charge in [-0.3, -0.25) is 14.5 Å². The second-order valence-electron chi connectivity index (χ2n) is 5.57. The second-order valence-corrected chi connectivity index (χ2v) is 5.57. The normalized spacial score (nSPS) is 17.9. The van der Waals surface area contributed by atoms with Gasteiger partial charge >= 0.3 is 0 Å². The Labute approximate surface area is 129 Å². The number of nitrogens with zero attached hydrogens (tertiary/aromatic N) is 1. The van der Waals surface area contributed by atoms with Crippen molar-refractivity contribution in [3.8, 4) is 0 Å². The minimum Gasteiger partial charge on any atom is -0.373 e. The Hall–Kier alpha value is -2.62. The molecule has 1 aliphatic rings. The number of benzene rings is 2. The molecule has 1 fully saturated rings. The smallest absolute Gasteiger partial charge is 0.252 e. The van der Waals surface area contributed by atoms with E-state index in [1.54, 1.807) is 0 Å². The van der Waals surface area contributed by atoms with E-state index in [0.29, 0.717) is 6.54 Å². The molecule has 2 aromatic carbocycles. The maximum absolute atomic E-state index is 12.5. The lowest BCUT2D eigenvalue weighted by molar-refractivity contribution is -0.139. The first kappa shape index (κ1) is 14.3. The molecule has 1 N–H and O–H groups in total. The van der Waals surface area contributed by atoms with Crippen LogP contribution in [0.1, 0.15) is 17.5 Å². The van der Waals surface area contributed by atoms with Gasteiger partial charge in [0.05, 0.1) is 13.0 Å². The molecular formula is C18H18N2O2. The highest BCUT2D eigenvalue weighted by atomic mass is 16.2. The van der Waals surface area contributed by atoms with Gasteiger partial charge in [0.1, 0.15) is 6.04 Å². The fourth-order valence-corrected chi connectivity index (χ4v) is 2.66. The van der Waals surface area contributed by atoms with Crippen molar-refractivity contribution in [3.63, 3.8) is 0 Å². The fraction of sp³-hybridized carbons (Fsp3) is 0.222. The van der Waals surface area contributed by atoms with Crippen molar-refractivity contribution in [1.29, 1.82) is 0 Å². The van der Waals surface area contributed by atoms with Crippen LogP contribution in [-0.4, -0.2) is 22.8 Å². The number of carbonyl (C=O) groups is 2. The Balaban J connectivity index is 1.71. The molecule has 112 valence electrons. The van der Waals surface area contributed by atoms with Gasteiger partial charge in [0.2, 0.25) is 5.91 Å². The number of carbonyl (C=O) groups excluding carboxylic acids is 2. The lowest BCUT2D eigenvalue weighted by Gasteiger charge is -2.16. The molecule has 0 aromatic heterocycles. The predicted octanol–water partition coefficient (Wildman–Crippen LogP) is 2.73. The standard InChI is InChI=1S/C18H18N2O2/c1-13-6-5-9-15(10-13)19-16-11-17(21)20(18(16)22)12-14-7-3-2-4-8-14/h2-10,16,19H,11-12H2,1H3. The third-order valence-corrected chi connectivity index (χ3v) is 3.79. The highest BCUT2D eigenvalue weighted by molar-refractivity contribution is 6.06. The van der Waals surface area contributed by atoms with Gasteiger partial charge in [0.15, 0.2) is 0 Å². The third-order valence-electron chi connectivity index (χ3n) is 3.79. The van der Waals surface area contributed by atoms with E-state index in [9.17, 15) is 9.59 Å². The molecule has 22 heavy (non-hydrogen) atoms. The van der Waals surface area contributed by atoms with Gasteiger partial charge in [-0.15, -0.1) is 0 Å². The number of likely N-dealkylation sites (tertiary alicyclic amines) is 1. The van der Waals surface area contributed by atoms with Gasteiger partial charge in [0.25, 0.3) is 5.91 Å². The van der Waals surface area contributed by atoms with Gasteiger partial charge in [-0.25, -0.2) is 0 Å². The number of aryl methyl sites for hydroxylation is 1. The molecule has 1 aliphatic heterocycles. The van der Waals surface area contributed by atoms with E-state index in [4.69, 9.17) is 0 Å². The van der Waals surface area contributed by atoms with Crippen molar-refractivity contribution in [1.82, 2.24) is 4.90 Å². The van der Waals surface area contributed by atoms with Crippen LogP contribution < -0.4 is 5.32 Å². The minimum absolute atomic E-state index is 0.126. The van der Waals surface area contributed by atoms with Crippen molar-refractivity contribution in [2.45, 2.75) is 25.9 Å². The first-order valence-corrected chi connectivity index (χ1v) is 7.35. The summed E-state index contributed by atoms with van der Waals surface area (Å²) in [5, 5.41) is 3.17. The number of amides is 2. The van der Waals surface area contributed by atoms with Crippen molar-refractivity contribution >= 4 is 17.5 Å². The summed E-state index contributed by atoms with van der Waals surface area (Å²) in [7, 11) is 0. The van der Waals surface area contributed by atoms with Crippen LogP contribution >= 0.6 is 0 Å². The van der Waals surface area contributed by atoms with E-state index in [1.165, 1.54) is 4.90 Å². The summed E-state index contributed by atoms with van der Waals surface area (Å²) < 4.78 is 0. The Morgan fingerprint density at radius 3 is 2.59 bits per heavy atom. The summed E-state index contributed by atoms with van der Waals surface area (Å²) in [4.78, 5) is 25.9. The monoisotopic (exact) mass is 294 g/mol. The number of hydrogen-bond donors (Lipinski definition) is 1. The van der Waals surface area contributed by atoms with Gasteiger partial charge in [-0.05, 0) is 30.2 Å². The zero-order valence-electron chi connectivity index (χ0n) is 12.5. The number of hydrogen-bond acceptors (Lipinski definition) is 3. The number of anilines is 1. The largest absolute Gasteiger partial charge is 0.373 e.